The van der Waals surface area contributed by atoms with Crippen LogP contribution in [-0.4, -0.2) is 4.98 Å². The Hall–Kier alpha value is -6.49. The normalized spacial score (nSPS) is 13.0. The third kappa shape index (κ3) is 6.03. The molecule has 0 spiro atoms. The highest BCUT2D eigenvalue weighted by molar-refractivity contribution is 7.22. The summed E-state index contributed by atoms with van der Waals surface area (Å²) in [6.45, 7) is 0. The number of hydrogen-bond donors (Lipinski definition) is 0. The van der Waals surface area contributed by atoms with Gasteiger partial charge in [-0.3, -0.25) is 0 Å². The predicted molar refractivity (Wildman–Crippen MR) is 224 cm³/mol. The number of nitrogens with zero attached hydrogens (tertiary/aromatic N) is 2. The van der Waals surface area contributed by atoms with E-state index in [1.165, 1.54) is 59.3 Å². The van der Waals surface area contributed by atoms with Crippen LogP contribution in [0.1, 0.15) is 18.4 Å². The van der Waals surface area contributed by atoms with Crippen molar-refractivity contribution in [3.05, 3.63) is 193 Å². The molecule has 0 N–H and O–H groups in total. The van der Waals surface area contributed by atoms with Crippen molar-refractivity contribution in [1.29, 1.82) is 0 Å². The number of allylic oxidation sites excluding steroid dienone is 4. The number of thiophene rings is 1. The zero-order valence-corrected chi connectivity index (χ0v) is 29.8. The second-order valence-corrected chi connectivity index (χ2v) is 14.6. The Morgan fingerprint density at radius 3 is 1.87 bits per heavy atom. The fourth-order valence-corrected chi connectivity index (χ4v) is 8.50. The maximum atomic E-state index is 6.09. The van der Waals surface area contributed by atoms with Gasteiger partial charge < -0.3 is 9.32 Å². The van der Waals surface area contributed by atoms with E-state index in [0.29, 0.717) is 5.89 Å². The molecule has 0 unspecified atom stereocenters. The van der Waals surface area contributed by atoms with Crippen molar-refractivity contribution in [3.8, 4) is 33.0 Å². The first-order chi connectivity index (χ1) is 26.2. The van der Waals surface area contributed by atoms with E-state index in [4.69, 9.17) is 9.40 Å². The van der Waals surface area contributed by atoms with Crippen LogP contribution in [0.5, 0.6) is 0 Å². The lowest BCUT2D eigenvalue weighted by molar-refractivity contribution is 0.620. The highest BCUT2D eigenvalue weighted by Crippen LogP contribution is 2.40. The van der Waals surface area contributed by atoms with E-state index in [-0.39, 0.29) is 0 Å². The number of anilines is 2. The average molecular weight is 699 g/mol. The molecule has 3 nitrogen and oxygen atoms in total. The number of fused-ring (bicyclic) bond motifs is 3. The summed E-state index contributed by atoms with van der Waals surface area (Å²) < 4.78 is 7.40. The van der Waals surface area contributed by atoms with Gasteiger partial charge in [0.25, 0.3) is 0 Å². The summed E-state index contributed by atoms with van der Waals surface area (Å²) in [5, 5.41) is 3.82. The molecular formula is C49H34N2OS. The summed E-state index contributed by atoms with van der Waals surface area (Å²) in [5.74, 6) is 0.632. The minimum atomic E-state index is 0.632. The van der Waals surface area contributed by atoms with Gasteiger partial charge in [-0.25, -0.2) is 4.98 Å². The second kappa shape index (κ2) is 13.2. The Labute approximate surface area is 312 Å². The fraction of sp³-hybridized carbons (Fsp3) is 0.0408. The molecule has 0 fully saturated rings. The maximum absolute atomic E-state index is 6.09. The van der Waals surface area contributed by atoms with Gasteiger partial charge in [-0.2, -0.15) is 0 Å². The summed E-state index contributed by atoms with van der Waals surface area (Å²) in [6.07, 6.45) is 6.47. The van der Waals surface area contributed by atoms with Crippen molar-refractivity contribution in [2.24, 2.45) is 0 Å². The Balaban J connectivity index is 0.969. The highest BCUT2D eigenvalue weighted by atomic mass is 32.1. The fourth-order valence-electron chi connectivity index (χ4n) is 7.43. The number of hydrogen-bond acceptors (Lipinski definition) is 4. The van der Waals surface area contributed by atoms with Gasteiger partial charge in [0.1, 0.15) is 5.52 Å². The minimum Gasteiger partial charge on any atom is -0.436 e. The van der Waals surface area contributed by atoms with Crippen molar-refractivity contribution in [2.45, 2.75) is 12.8 Å². The first-order valence-electron chi connectivity index (χ1n) is 18.1. The van der Waals surface area contributed by atoms with Crippen LogP contribution in [-0.2, 0) is 0 Å². The molecule has 0 amide bonds. The Morgan fingerprint density at radius 1 is 0.491 bits per heavy atom. The Bertz CT molecular complexity index is 2640. The molecule has 53 heavy (non-hydrogen) atoms. The molecule has 10 rings (SSSR count). The number of aromatic nitrogens is 1. The van der Waals surface area contributed by atoms with E-state index < -0.39 is 0 Å². The topological polar surface area (TPSA) is 29.3 Å². The van der Waals surface area contributed by atoms with Crippen LogP contribution < -0.4 is 4.90 Å². The molecule has 9 aromatic rings. The van der Waals surface area contributed by atoms with Crippen molar-refractivity contribution in [3.63, 3.8) is 0 Å². The van der Waals surface area contributed by atoms with Gasteiger partial charge in [0.05, 0.1) is 0 Å². The molecule has 0 aliphatic heterocycles. The summed E-state index contributed by atoms with van der Waals surface area (Å²) in [7, 11) is 0. The van der Waals surface area contributed by atoms with Crippen molar-refractivity contribution < 1.29 is 4.42 Å². The first-order valence-corrected chi connectivity index (χ1v) is 18.9. The van der Waals surface area contributed by atoms with Gasteiger partial charge in [-0.05, 0) is 130 Å². The summed E-state index contributed by atoms with van der Waals surface area (Å²) >= 11 is 1.84. The summed E-state index contributed by atoms with van der Waals surface area (Å²) in [4.78, 5) is 8.40. The van der Waals surface area contributed by atoms with Crippen LogP contribution in [0.4, 0.5) is 11.4 Å². The minimum absolute atomic E-state index is 0.632. The molecule has 0 bridgehead atoms. The van der Waals surface area contributed by atoms with E-state index in [0.717, 1.165) is 40.9 Å². The molecule has 2 aromatic heterocycles. The van der Waals surface area contributed by atoms with Gasteiger partial charge >= 0.3 is 0 Å². The molecule has 7 aromatic carbocycles. The molecular weight excluding hydrogens is 665 g/mol. The van der Waals surface area contributed by atoms with Crippen molar-refractivity contribution in [1.82, 2.24) is 4.98 Å². The van der Waals surface area contributed by atoms with E-state index in [9.17, 15) is 0 Å². The highest BCUT2D eigenvalue weighted by Gasteiger charge is 2.19. The van der Waals surface area contributed by atoms with Crippen LogP contribution >= 0.6 is 11.3 Å². The number of benzene rings is 7. The lowest BCUT2D eigenvalue weighted by Crippen LogP contribution is -2.17. The maximum Gasteiger partial charge on any atom is 0.227 e. The Kier molecular flexibility index (Phi) is 7.81. The quantitative estimate of drug-likeness (QED) is 0.166. The SMILES string of the molecule is C1=C(c2ccc(-c3ccc4ccccc4c3)cc2)CCC(N(c2ccc(-c3nc4ccccc4o3)cc2)c2ccc(-c3cc4ccccc4s3)cc2)=C1. The van der Waals surface area contributed by atoms with Gasteiger partial charge in [0.15, 0.2) is 5.58 Å². The molecule has 1 aliphatic carbocycles. The van der Waals surface area contributed by atoms with Crippen LogP contribution in [0.15, 0.2) is 192 Å². The van der Waals surface area contributed by atoms with Gasteiger partial charge in [0.2, 0.25) is 5.89 Å². The largest absolute Gasteiger partial charge is 0.436 e. The van der Waals surface area contributed by atoms with Gasteiger partial charge in [0, 0.05) is 32.2 Å². The van der Waals surface area contributed by atoms with Gasteiger partial charge in [-0.1, -0.05) is 109 Å². The molecule has 0 saturated carbocycles. The molecule has 1 aliphatic rings. The van der Waals surface area contributed by atoms with E-state index in [1.807, 2.05) is 35.6 Å². The molecule has 0 atom stereocenters. The van der Waals surface area contributed by atoms with Crippen LogP contribution in [0, 0.1) is 0 Å². The average Bonchev–Trinajstić information content (AvgIpc) is 3.87. The molecule has 2 heterocycles. The number of oxazole rings is 1. The van der Waals surface area contributed by atoms with E-state index in [1.54, 1.807) is 0 Å². The zero-order chi connectivity index (χ0) is 35.1. The molecule has 0 radical (unpaired) electrons. The first kappa shape index (κ1) is 31.3. The van der Waals surface area contributed by atoms with Gasteiger partial charge in [-0.15, -0.1) is 11.3 Å². The monoisotopic (exact) mass is 698 g/mol. The second-order valence-electron chi connectivity index (χ2n) is 13.6. The predicted octanol–water partition coefficient (Wildman–Crippen LogP) is 14.1. The van der Waals surface area contributed by atoms with Crippen molar-refractivity contribution in [2.75, 3.05) is 4.90 Å². The van der Waals surface area contributed by atoms with E-state index >= 15 is 0 Å². The third-order valence-electron chi connectivity index (χ3n) is 10.3. The van der Waals surface area contributed by atoms with Crippen LogP contribution in [0.25, 0.3) is 70.6 Å². The standard InChI is InChI=1S/C49H34N2OS/c1-2-8-39-31-40(18-17-33(39)7-1)36-15-13-34(14-16-36)35-19-25-42(26-20-35)51(43-27-21-37(22-28-43)48-32-41-9-3-6-12-47(41)53-48)44-29-23-38(24-30-44)49-50-45-10-4-5-11-46(45)52-49/h1-19,21-25,27-32H,20,26H2. The molecule has 252 valence electrons. The number of para-hydroxylation sites is 2. The molecule has 4 heteroatoms. The zero-order valence-electron chi connectivity index (χ0n) is 28.9. The van der Waals surface area contributed by atoms with Crippen LogP contribution in [0.2, 0.25) is 0 Å². The summed E-state index contributed by atoms with van der Waals surface area (Å²) in [5.41, 5.74) is 12.4. The summed E-state index contributed by atoms with van der Waals surface area (Å²) in [6, 6.07) is 60.7. The lowest BCUT2D eigenvalue weighted by Gasteiger charge is -2.30. The molecule has 0 saturated heterocycles. The Morgan fingerprint density at radius 2 is 1.13 bits per heavy atom. The number of rotatable bonds is 7. The van der Waals surface area contributed by atoms with E-state index in [2.05, 4.69) is 163 Å². The third-order valence-corrected chi connectivity index (χ3v) is 11.4. The van der Waals surface area contributed by atoms with Crippen molar-refractivity contribution >= 4 is 60.2 Å². The lowest BCUT2D eigenvalue weighted by atomic mass is 9.93. The smallest absolute Gasteiger partial charge is 0.227 e. The van der Waals surface area contributed by atoms with Crippen LogP contribution in [0.3, 0.4) is 0 Å².